The molecule has 0 saturated heterocycles. The summed E-state index contributed by atoms with van der Waals surface area (Å²) in [6, 6.07) is 7.05. The van der Waals surface area contributed by atoms with E-state index in [1.165, 1.54) is 0 Å². The van der Waals surface area contributed by atoms with Crippen LogP contribution in [0.3, 0.4) is 0 Å². The predicted octanol–water partition coefficient (Wildman–Crippen LogP) is 3.62. The smallest absolute Gasteiger partial charge is 0.304 e. The Morgan fingerprint density at radius 2 is 1.75 bits per heavy atom. The number of alkyl halides is 2. The van der Waals surface area contributed by atoms with Crippen molar-refractivity contribution in [3.8, 4) is 5.75 Å². The summed E-state index contributed by atoms with van der Waals surface area (Å²) in [6.45, 7) is 0. The molecule has 0 aliphatic heterocycles. The highest BCUT2D eigenvalue weighted by Gasteiger charge is 2.45. The molecule has 0 bridgehead atoms. The number of halogens is 2. The zero-order valence-corrected chi connectivity index (χ0v) is 11.4. The van der Waals surface area contributed by atoms with Gasteiger partial charge in [0.2, 0.25) is 5.92 Å². The normalized spacial score (nSPS) is 20.4. The number of methoxy groups -OCH3 is 1. The van der Waals surface area contributed by atoms with Gasteiger partial charge in [-0.3, -0.25) is 4.79 Å². The van der Waals surface area contributed by atoms with Crippen molar-refractivity contribution in [3.05, 3.63) is 29.8 Å². The molecule has 0 heterocycles. The Hall–Kier alpha value is -1.65. The van der Waals surface area contributed by atoms with E-state index in [0.29, 0.717) is 5.75 Å². The lowest BCUT2D eigenvalue weighted by molar-refractivity contribution is -0.140. The van der Waals surface area contributed by atoms with Crippen molar-refractivity contribution in [2.24, 2.45) is 0 Å². The summed E-state index contributed by atoms with van der Waals surface area (Å²) >= 11 is 0. The van der Waals surface area contributed by atoms with E-state index in [9.17, 15) is 13.6 Å². The average molecular weight is 284 g/mol. The van der Waals surface area contributed by atoms with Crippen LogP contribution in [0.2, 0.25) is 0 Å². The van der Waals surface area contributed by atoms with Gasteiger partial charge in [-0.1, -0.05) is 12.1 Å². The van der Waals surface area contributed by atoms with E-state index in [4.69, 9.17) is 9.84 Å². The second-order valence-electron chi connectivity index (χ2n) is 5.44. The van der Waals surface area contributed by atoms with Gasteiger partial charge in [0.15, 0.2) is 0 Å². The number of benzene rings is 1. The van der Waals surface area contributed by atoms with Gasteiger partial charge in [-0.05, 0) is 30.5 Å². The number of ether oxygens (including phenoxy) is 1. The summed E-state index contributed by atoms with van der Waals surface area (Å²) < 4.78 is 31.8. The molecule has 1 aliphatic carbocycles. The number of hydrogen-bond acceptors (Lipinski definition) is 2. The SMILES string of the molecule is COc1ccc(C2(CC(=O)O)CCC(F)(F)CC2)cc1. The predicted molar refractivity (Wildman–Crippen MR) is 70.3 cm³/mol. The third-order valence-electron chi connectivity index (χ3n) is 4.13. The van der Waals surface area contributed by atoms with E-state index in [2.05, 4.69) is 0 Å². The number of aliphatic carboxylic acids is 1. The van der Waals surface area contributed by atoms with Gasteiger partial charge >= 0.3 is 5.97 Å². The maximum absolute atomic E-state index is 13.4. The van der Waals surface area contributed by atoms with Gasteiger partial charge in [0.1, 0.15) is 5.75 Å². The highest BCUT2D eigenvalue weighted by Crippen LogP contribution is 2.47. The topological polar surface area (TPSA) is 46.5 Å². The lowest BCUT2D eigenvalue weighted by atomic mass is 9.66. The number of carbonyl (C=O) groups is 1. The Balaban J connectivity index is 2.29. The van der Waals surface area contributed by atoms with Crippen molar-refractivity contribution in [3.63, 3.8) is 0 Å². The van der Waals surface area contributed by atoms with Crippen LogP contribution in [0.25, 0.3) is 0 Å². The number of hydrogen-bond donors (Lipinski definition) is 1. The Labute approximate surface area is 116 Å². The molecule has 20 heavy (non-hydrogen) atoms. The van der Waals surface area contributed by atoms with Gasteiger partial charge in [0, 0.05) is 18.3 Å². The van der Waals surface area contributed by atoms with Crippen molar-refractivity contribution in [2.45, 2.75) is 43.4 Å². The second kappa shape index (κ2) is 5.38. The average Bonchev–Trinajstić information content (AvgIpc) is 2.41. The summed E-state index contributed by atoms with van der Waals surface area (Å²) in [4.78, 5) is 11.1. The Kier molecular flexibility index (Phi) is 3.97. The highest BCUT2D eigenvalue weighted by molar-refractivity contribution is 5.69. The first kappa shape index (κ1) is 14.8. The van der Waals surface area contributed by atoms with Crippen LogP contribution in [0.4, 0.5) is 8.78 Å². The minimum absolute atomic E-state index is 0.116. The molecule has 0 unspecified atom stereocenters. The molecule has 0 spiro atoms. The van der Waals surface area contributed by atoms with Gasteiger partial charge in [-0.2, -0.15) is 0 Å². The molecular formula is C15H18F2O3. The molecule has 110 valence electrons. The third-order valence-corrected chi connectivity index (χ3v) is 4.13. The Bertz CT molecular complexity index is 472. The minimum atomic E-state index is -2.67. The van der Waals surface area contributed by atoms with Crippen LogP contribution in [0.15, 0.2) is 24.3 Å². The third kappa shape index (κ3) is 3.08. The standard InChI is InChI=1S/C15H18F2O3/c1-20-12-4-2-11(3-5-12)14(10-13(18)19)6-8-15(16,17)9-7-14/h2-5H,6-10H2,1H3,(H,18,19). The molecule has 0 atom stereocenters. The van der Waals surface area contributed by atoms with Crippen molar-refractivity contribution < 1.29 is 23.4 Å². The first-order valence-corrected chi connectivity index (χ1v) is 6.61. The molecule has 3 nitrogen and oxygen atoms in total. The quantitative estimate of drug-likeness (QED) is 0.918. The van der Waals surface area contributed by atoms with Crippen molar-refractivity contribution >= 4 is 5.97 Å². The minimum Gasteiger partial charge on any atom is -0.497 e. The van der Waals surface area contributed by atoms with Crippen LogP contribution in [0.1, 0.15) is 37.7 Å². The van der Waals surface area contributed by atoms with Crippen LogP contribution in [-0.4, -0.2) is 24.1 Å². The highest BCUT2D eigenvalue weighted by atomic mass is 19.3. The molecule has 1 N–H and O–H groups in total. The van der Waals surface area contributed by atoms with Crippen molar-refractivity contribution in [1.29, 1.82) is 0 Å². The molecule has 0 amide bonds. The number of rotatable bonds is 4. The van der Waals surface area contributed by atoms with E-state index < -0.39 is 17.3 Å². The van der Waals surface area contributed by atoms with E-state index in [1.807, 2.05) is 0 Å². The summed E-state index contributed by atoms with van der Waals surface area (Å²) in [6.07, 6.45) is -0.245. The molecule has 1 aromatic rings. The molecule has 5 heteroatoms. The fourth-order valence-corrected chi connectivity index (χ4v) is 2.90. The van der Waals surface area contributed by atoms with E-state index in [1.54, 1.807) is 31.4 Å². The maximum atomic E-state index is 13.4. The zero-order valence-electron chi connectivity index (χ0n) is 11.4. The molecular weight excluding hydrogens is 266 g/mol. The van der Waals surface area contributed by atoms with Gasteiger partial charge in [-0.15, -0.1) is 0 Å². The molecule has 0 aromatic heterocycles. The van der Waals surface area contributed by atoms with Gasteiger partial charge < -0.3 is 9.84 Å². The summed E-state index contributed by atoms with van der Waals surface area (Å²) in [5.74, 6) is -2.96. The van der Waals surface area contributed by atoms with Crippen LogP contribution in [0.5, 0.6) is 5.75 Å². The maximum Gasteiger partial charge on any atom is 0.304 e. The first-order chi connectivity index (χ1) is 9.37. The fraction of sp³-hybridized carbons (Fsp3) is 0.533. The van der Waals surface area contributed by atoms with Crippen molar-refractivity contribution in [2.75, 3.05) is 7.11 Å². The summed E-state index contributed by atoms with van der Waals surface area (Å²) in [5.41, 5.74) is 0.107. The second-order valence-corrected chi connectivity index (χ2v) is 5.44. The lowest BCUT2D eigenvalue weighted by Crippen LogP contribution is -2.38. The number of carboxylic acid groups (broad SMARTS) is 1. The Morgan fingerprint density at radius 3 is 2.20 bits per heavy atom. The van der Waals surface area contributed by atoms with E-state index in [0.717, 1.165) is 5.56 Å². The Morgan fingerprint density at radius 1 is 1.20 bits per heavy atom. The van der Waals surface area contributed by atoms with E-state index >= 15 is 0 Å². The van der Waals surface area contributed by atoms with Gasteiger partial charge in [-0.25, -0.2) is 8.78 Å². The lowest BCUT2D eigenvalue weighted by Gasteiger charge is -2.39. The van der Waals surface area contributed by atoms with Crippen LogP contribution >= 0.6 is 0 Å². The fourth-order valence-electron chi connectivity index (χ4n) is 2.90. The van der Waals surface area contributed by atoms with Gasteiger partial charge in [0.25, 0.3) is 0 Å². The van der Waals surface area contributed by atoms with Crippen molar-refractivity contribution in [1.82, 2.24) is 0 Å². The largest absolute Gasteiger partial charge is 0.497 e. The molecule has 1 aliphatic rings. The van der Waals surface area contributed by atoms with Crippen LogP contribution < -0.4 is 4.74 Å². The molecule has 1 saturated carbocycles. The molecule has 1 fully saturated rings. The van der Waals surface area contributed by atoms with Crippen LogP contribution in [-0.2, 0) is 10.2 Å². The van der Waals surface area contributed by atoms with E-state index in [-0.39, 0.29) is 32.1 Å². The van der Waals surface area contributed by atoms with Gasteiger partial charge in [0.05, 0.1) is 13.5 Å². The monoisotopic (exact) mass is 284 g/mol. The summed E-state index contributed by atoms with van der Waals surface area (Å²) in [5, 5.41) is 9.11. The first-order valence-electron chi connectivity index (χ1n) is 6.61. The molecule has 0 radical (unpaired) electrons. The van der Waals surface area contributed by atoms with Crippen LogP contribution in [0, 0.1) is 0 Å². The summed E-state index contributed by atoms with van der Waals surface area (Å²) in [7, 11) is 1.54. The zero-order chi connectivity index (χ0) is 14.8. The molecule has 2 rings (SSSR count). The number of carboxylic acids is 1. The molecule has 1 aromatic carbocycles.